The maximum atomic E-state index is 8.49. The first-order valence-corrected chi connectivity index (χ1v) is 3.70. The second-order valence-corrected chi connectivity index (χ2v) is 2.27. The zero-order valence-corrected chi connectivity index (χ0v) is 7.28. The molecule has 2 N–H and O–H groups in total. The molecule has 0 aliphatic rings. The van der Waals surface area contributed by atoms with E-state index in [-0.39, 0.29) is 22.5 Å². The Kier molecular flexibility index (Phi) is 16.0. The molecule has 0 bridgehead atoms. The van der Waals surface area contributed by atoms with Crippen LogP contribution in [0.4, 0.5) is 0 Å². The van der Waals surface area contributed by atoms with Gasteiger partial charge >= 0.3 is 17.1 Å². The first kappa shape index (κ1) is 23.0. The summed E-state index contributed by atoms with van der Waals surface area (Å²) in [7, 11) is -9.89. The van der Waals surface area contributed by atoms with Crippen molar-refractivity contribution in [2.75, 3.05) is 0 Å². The van der Waals surface area contributed by atoms with E-state index in [0.29, 0.717) is 0 Å². The van der Waals surface area contributed by atoms with Crippen LogP contribution in [0.15, 0.2) is 0 Å². The van der Waals surface area contributed by atoms with Crippen LogP contribution in [0.25, 0.3) is 0 Å². The third kappa shape index (κ3) is 1860. The molecule has 0 spiro atoms. The Bertz CT molecular complexity index is 55.5. The van der Waals surface area contributed by atoms with E-state index in [4.69, 9.17) is 37.3 Å². The SMILES string of the molecule is O.[Cu+2].[O-][Cl+3]([O-])([O-])[O-].[O-][Cl+3]([O-])([O-])[O-]. The molecule has 12 heteroatoms. The molecule has 0 amide bonds. The molecule has 1 radical (unpaired) electrons. The average molecular weight is 280 g/mol. The summed E-state index contributed by atoms with van der Waals surface area (Å²) < 4.78 is 67.9. The fourth-order valence-corrected chi connectivity index (χ4v) is 0. The van der Waals surface area contributed by atoms with Gasteiger partial charge in [0, 0.05) is 0 Å². The van der Waals surface area contributed by atoms with E-state index in [1.165, 1.54) is 0 Å². The molecule has 0 saturated carbocycles. The summed E-state index contributed by atoms with van der Waals surface area (Å²) in [5.74, 6) is 0. The Morgan fingerprint density at radius 3 is 0.500 bits per heavy atom. The van der Waals surface area contributed by atoms with Crippen molar-refractivity contribution in [3.8, 4) is 0 Å². The third-order valence-electron chi connectivity index (χ3n) is 0. The van der Waals surface area contributed by atoms with Crippen LogP contribution in [0.2, 0.25) is 0 Å². The Balaban J connectivity index is -0.0000000457. The number of hydrogen-bond acceptors (Lipinski definition) is 8. The Morgan fingerprint density at radius 1 is 0.500 bits per heavy atom. The minimum absolute atomic E-state index is 0. The van der Waals surface area contributed by atoms with Gasteiger partial charge in [-0.1, -0.05) is 0 Å². The van der Waals surface area contributed by atoms with Gasteiger partial charge in [-0.2, -0.15) is 0 Å². The van der Waals surface area contributed by atoms with E-state index in [1.807, 2.05) is 0 Å². The van der Waals surface area contributed by atoms with Crippen LogP contribution in [0.3, 0.4) is 0 Å². The molecule has 0 fully saturated rings. The predicted octanol–water partition coefficient (Wildman–Crippen LogP) is -10.3. The molecule has 0 rings (SSSR count). The third-order valence-corrected chi connectivity index (χ3v) is 0. The molecule has 12 heavy (non-hydrogen) atoms. The van der Waals surface area contributed by atoms with Crippen molar-refractivity contribution in [3.63, 3.8) is 0 Å². The average Bonchev–Trinajstić information content (AvgIpc) is 1.12. The van der Waals surface area contributed by atoms with Crippen LogP contribution in [0, 0.1) is 20.5 Å². The van der Waals surface area contributed by atoms with Crippen LogP contribution in [-0.4, -0.2) is 5.48 Å². The van der Waals surface area contributed by atoms with E-state index in [2.05, 4.69) is 0 Å². The van der Waals surface area contributed by atoms with Gasteiger partial charge in [0.1, 0.15) is 0 Å². The van der Waals surface area contributed by atoms with E-state index >= 15 is 0 Å². The van der Waals surface area contributed by atoms with Crippen LogP contribution < -0.4 is 37.3 Å². The molecular weight excluding hydrogens is 278 g/mol. The van der Waals surface area contributed by atoms with Gasteiger partial charge in [-0.05, 0) is 0 Å². The Labute approximate surface area is 80.7 Å². The van der Waals surface area contributed by atoms with Crippen LogP contribution >= 0.6 is 0 Å². The molecule has 0 unspecified atom stereocenters. The van der Waals surface area contributed by atoms with Crippen LogP contribution in [0.1, 0.15) is 0 Å². The van der Waals surface area contributed by atoms with Crippen molar-refractivity contribution in [1.29, 1.82) is 0 Å². The smallest absolute Gasteiger partial charge is 0.412 e. The zero-order valence-electron chi connectivity index (χ0n) is 4.82. The molecule has 0 aliphatic carbocycles. The fourth-order valence-electron chi connectivity index (χ4n) is 0. The quantitative estimate of drug-likeness (QED) is 0.387. The first-order valence-electron chi connectivity index (χ1n) is 1.23. The number of rotatable bonds is 0. The molecule has 0 heterocycles. The normalized spacial score (nSPS) is 10.0. The summed E-state index contributed by atoms with van der Waals surface area (Å²) in [5.41, 5.74) is 0. The molecule has 0 atom stereocenters. The minimum Gasteiger partial charge on any atom is -0.412 e. The maximum Gasteiger partial charge on any atom is 2.00 e. The molecular formula is H2Cl2CuO9. The second kappa shape index (κ2) is 8.34. The summed E-state index contributed by atoms with van der Waals surface area (Å²) in [6.07, 6.45) is 0. The molecule has 81 valence electrons. The second-order valence-electron chi connectivity index (χ2n) is 0.756. The van der Waals surface area contributed by atoms with Gasteiger partial charge in [0.2, 0.25) is 0 Å². The van der Waals surface area contributed by atoms with E-state index in [1.54, 1.807) is 0 Å². The number of halogens is 2. The zero-order chi connectivity index (χ0) is 9.00. The van der Waals surface area contributed by atoms with Gasteiger partial charge in [-0.15, -0.1) is 20.5 Å². The number of hydrogen-bond donors (Lipinski definition) is 0. The monoisotopic (exact) mass is 279 g/mol. The van der Waals surface area contributed by atoms with Crippen molar-refractivity contribution < 1.29 is 80.3 Å². The minimum atomic E-state index is -4.94. The summed E-state index contributed by atoms with van der Waals surface area (Å²) >= 11 is 0. The molecule has 0 aromatic rings. The standard InChI is InChI=1S/2ClHO4.Cu.H2O/c2*2-1(3,4)5;;/h2*(H,2,3,4,5);;1H2/q;;+2;/p-2. The van der Waals surface area contributed by atoms with Gasteiger partial charge < -0.3 is 5.48 Å². The van der Waals surface area contributed by atoms with Gasteiger partial charge in [0.25, 0.3) is 0 Å². The van der Waals surface area contributed by atoms with E-state index in [0.717, 1.165) is 0 Å². The predicted molar refractivity (Wildman–Crippen MR) is 3.61 cm³/mol. The summed E-state index contributed by atoms with van der Waals surface area (Å²) in [5, 5.41) is 0. The molecule has 0 aromatic heterocycles. The summed E-state index contributed by atoms with van der Waals surface area (Å²) in [6.45, 7) is 0. The summed E-state index contributed by atoms with van der Waals surface area (Å²) in [4.78, 5) is 0. The van der Waals surface area contributed by atoms with Crippen molar-refractivity contribution in [2.24, 2.45) is 0 Å². The molecule has 0 aromatic carbocycles. The van der Waals surface area contributed by atoms with Gasteiger partial charge in [0.05, 0.1) is 0 Å². The molecule has 0 aliphatic heterocycles. The van der Waals surface area contributed by atoms with Gasteiger partial charge in [0.15, 0.2) is 0 Å². The van der Waals surface area contributed by atoms with E-state index in [9.17, 15) is 0 Å². The van der Waals surface area contributed by atoms with Gasteiger partial charge in [-0.3, -0.25) is 0 Å². The summed E-state index contributed by atoms with van der Waals surface area (Å²) in [6, 6.07) is 0. The van der Waals surface area contributed by atoms with Gasteiger partial charge in [-0.25, -0.2) is 37.3 Å². The fraction of sp³-hybridized carbons (Fsp3) is 0. The molecule has 9 nitrogen and oxygen atoms in total. The van der Waals surface area contributed by atoms with Crippen molar-refractivity contribution >= 4 is 0 Å². The molecule has 0 saturated heterocycles. The van der Waals surface area contributed by atoms with Crippen molar-refractivity contribution in [2.45, 2.75) is 0 Å². The Hall–Kier alpha value is 0.739. The largest absolute Gasteiger partial charge is 2.00 e. The van der Waals surface area contributed by atoms with Crippen LogP contribution in [-0.2, 0) is 17.1 Å². The maximum absolute atomic E-state index is 8.49. The van der Waals surface area contributed by atoms with Crippen molar-refractivity contribution in [1.82, 2.24) is 0 Å². The van der Waals surface area contributed by atoms with E-state index < -0.39 is 20.5 Å². The first-order chi connectivity index (χ1) is 4.00. The van der Waals surface area contributed by atoms with Crippen LogP contribution in [0.5, 0.6) is 0 Å². The topological polar surface area (TPSA) is 216 Å². The van der Waals surface area contributed by atoms with Crippen molar-refractivity contribution in [3.05, 3.63) is 0 Å². The Morgan fingerprint density at radius 2 is 0.500 bits per heavy atom.